The Hall–Kier alpha value is -2.05. The summed E-state index contributed by atoms with van der Waals surface area (Å²) in [6.07, 6.45) is 7.27. The van der Waals surface area contributed by atoms with Crippen molar-refractivity contribution in [1.29, 1.82) is 0 Å². The lowest BCUT2D eigenvalue weighted by atomic mass is 10.1. The average molecular weight is 291 g/mol. The molecule has 0 aromatic carbocycles. The van der Waals surface area contributed by atoms with Crippen LogP contribution in [0.2, 0.25) is 0 Å². The molecule has 2 heterocycles. The molecular weight excluding hydrogens is 270 g/mol. The Bertz CT molecular complexity index is 762. The van der Waals surface area contributed by atoms with Crippen molar-refractivity contribution in [3.63, 3.8) is 0 Å². The number of imidazole rings is 1. The summed E-state index contributed by atoms with van der Waals surface area (Å²) >= 11 is 0. The molecule has 1 saturated carbocycles. The molecule has 0 radical (unpaired) electrons. The molecule has 0 atom stereocenters. The van der Waals surface area contributed by atoms with Gasteiger partial charge in [-0.05, 0) is 12.8 Å². The first-order valence-electron chi connectivity index (χ1n) is 7.50. The van der Waals surface area contributed by atoms with Crippen LogP contribution >= 0.6 is 0 Å². The number of nitrogens with one attached hydrogen (secondary N) is 2. The van der Waals surface area contributed by atoms with E-state index in [-0.39, 0.29) is 0 Å². The molecule has 0 bridgehead atoms. The fourth-order valence-electron chi connectivity index (χ4n) is 3.04. The summed E-state index contributed by atoms with van der Waals surface area (Å²) in [5, 5.41) is 3.44. The van der Waals surface area contributed by atoms with Crippen molar-refractivity contribution in [2.45, 2.75) is 44.6 Å². The third-order valence-corrected chi connectivity index (χ3v) is 4.32. The minimum Gasteiger partial charge on any atom is -0.353 e. The van der Waals surface area contributed by atoms with Gasteiger partial charge in [-0.1, -0.05) is 25.7 Å². The number of rotatable bonds is 2. The van der Waals surface area contributed by atoms with Gasteiger partial charge in [0, 0.05) is 20.1 Å². The first kappa shape index (κ1) is 13.9. The molecule has 0 amide bonds. The Labute approximate surface area is 122 Å². The van der Waals surface area contributed by atoms with Gasteiger partial charge in [-0.25, -0.2) is 4.79 Å². The number of aromatic nitrogens is 4. The zero-order chi connectivity index (χ0) is 15.0. The van der Waals surface area contributed by atoms with Gasteiger partial charge in [0.05, 0.1) is 0 Å². The van der Waals surface area contributed by atoms with Gasteiger partial charge in [-0.2, -0.15) is 4.98 Å². The Morgan fingerprint density at radius 1 is 1.10 bits per heavy atom. The molecule has 0 unspecified atom stereocenters. The highest BCUT2D eigenvalue weighted by molar-refractivity contribution is 5.73. The van der Waals surface area contributed by atoms with Crippen LogP contribution in [0.4, 0.5) is 5.95 Å². The molecule has 2 aromatic heterocycles. The summed E-state index contributed by atoms with van der Waals surface area (Å²) < 4.78 is 3.10. The van der Waals surface area contributed by atoms with Crippen molar-refractivity contribution in [3.05, 3.63) is 20.8 Å². The monoisotopic (exact) mass is 291 g/mol. The molecule has 7 nitrogen and oxygen atoms in total. The van der Waals surface area contributed by atoms with Gasteiger partial charge >= 0.3 is 5.69 Å². The van der Waals surface area contributed by atoms with Gasteiger partial charge in [-0.15, -0.1) is 0 Å². The summed E-state index contributed by atoms with van der Waals surface area (Å²) in [7, 11) is 3.41. The lowest BCUT2D eigenvalue weighted by Gasteiger charge is -2.16. The van der Waals surface area contributed by atoms with Crippen LogP contribution in [0.5, 0.6) is 0 Å². The van der Waals surface area contributed by atoms with Gasteiger partial charge in [0.2, 0.25) is 5.95 Å². The van der Waals surface area contributed by atoms with E-state index in [2.05, 4.69) is 15.3 Å². The maximum atomic E-state index is 12.0. The normalized spacial score (nSPS) is 17.0. The molecule has 0 aliphatic heterocycles. The van der Waals surface area contributed by atoms with Crippen molar-refractivity contribution in [3.8, 4) is 0 Å². The van der Waals surface area contributed by atoms with Gasteiger partial charge in [-0.3, -0.25) is 14.3 Å². The van der Waals surface area contributed by atoms with Crippen LogP contribution in [0.15, 0.2) is 9.59 Å². The summed E-state index contributed by atoms with van der Waals surface area (Å²) in [5.41, 5.74) is 0.0132. The maximum Gasteiger partial charge on any atom is 0.329 e. The maximum absolute atomic E-state index is 12.0. The number of H-pyrrole nitrogens is 1. The minimum absolute atomic E-state index is 0.388. The second-order valence-corrected chi connectivity index (χ2v) is 5.82. The minimum atomic E-state index is -0.438. The largest absolute Gasteiger partial charge is 0.353 e. The van der Waals surface area contributed by atoms with Gasteiger partial charge < -0.3 is 9.88 Å². The lowest BCUT2D eigenvalue weighted by Crippen LogP contribution is -2.29. The third-order valence-electron chi connectivity index (χ3n) is 4.32. The van der Waals surface area contributed by atoms with E-state index in [1.54, 1.807) is 18.7 Å². The first-order chi connectivity index (χ1) is 10.1. The van der Waals surface area contributed by atoms with Crippen LogP contribution in [0.25, 0.3) is 11.2 Å². The van der Waals surface area contributed by atoms with Crippen molar-refractivity contribution >= 4 is 17.1 Å². The highest BCUT2D eigenvalue weighted by Gasteiger charge is 2.18. The number of hydrogen-bond acceptors (Lipinski definition) is 4. The fourth-order valence-corrected chi connectivity index (χ4v) is 3.04. The van der Waals surface area contributed by atoms with E-state index in [9.17, 15) is 9.59 Å². The molecule has 3 rings (SSSR count). The number of nitrogens with zero attached hydrogens (tertiary/aromatic N) is 3. The Kier molecular flexibility index (Phi) is 3.57. The van der Waals surface area contributed by atoms with E-state index in [4.69, 9.17) is 0 Å². The van der Waals surface area contributed by atoms with Crippen LogP contribution in [0.3, 0.4) is 0 Å². The third kappa shape index (κ3) is 2.48. The molecule has 1 aliphatic carbocycles. The fraction of sp³-hybridized carbons (Fsp3) is 0.643. The summed E-state index contributed by atoms with van der Waals surface area (Å²) in [5.74, 6) is 0.656. The molecule has 2 N–H and O–H groups in total. The quantitative estimate of drug-likeness (QED) is 0.811. The van der Waals surface area contributed by atoms with E-state index in [0.717, 1.165) is 12.8 Å². The highest BCUT2D eigenvalue weighted by atomic mass is 16.2. The zero-order valence-electron chi connectivity index (χ0n) is 12.5. The lowest BCUT2D eigenvalue weighted by molar-refractivity contribution is 0.611. The standard InChI is InChI=1S/C14H21N5O2/c1-18-10-11(19(2)14(21)17-12(10)20)16-13(18)15-9-7-5-3-4-6-8-9/h9H,3-8H2,1-2H3,(H,15,16)(H,17,20,21). The Morgan fingerprint density at radius 3 is 2.43 bits per heavy atom. The van der Waals surface area contributed by atoms with Crippen LogP contribution < -0.4 is 16.6 Å². The second-order valence-electron chi connectivity index (χ2n) is 5.82. The van der Waals surface area contributed by atoms with E-state index in [0.29, 0.717) is 23.2 Å². The summed E-state index contributed by atoms with van der Waals surface area (Å²) in [6, 6.07) is 0.388. The van der Waals surface area contributed by atoms with Crippen molar-refractivity contribution < 1.29 is 0 Å². The Morgan fingerprint density at radius 2 is 1.76 bits per heavy atom. The predicted octanol–water partition coefficient (Wildman–Crippen LogP) is 1.09. The van der Waals surface area contributed by atoms with Crippen LogP contribution in [0.1, 0.15) is 38.5 Å². The molecular formula is C14H21N5O2. The first-order valence-corrected chi connectivity index (χ1v) is 7.50. The van der Waals surface area contributed by atoms with Crippen molar-refractivity contribution in [2.24, 2.45) is 14.1 Å². The number of anilines is 1. The highest BCUT2D eigenvalue weighted by Crippen LogP contribution is 2.21. The summed E-state index contributed by atoms with van der Waals surface area (Å²) in [6.45, 7) is 0. The second kappa shape index (κ2) is 5.38. The average Bonchev–Trinajstić information content (AvgIpc) is 2.64. The molecule has 1 aliphatic rings. The van der Waals surface area contributed by atoms with E-state index in [1.165, 1.54) is 30.3 Å². The molecule has 2 aromatic rings. The molecule has 21 heavy (non-hydrogen) atoms. The molecule has 0 spiro atoms. The van der Waals surface area contributed by atoms with Crippen LogP contribution in [-0.4, -0.2) is 25.1 Å². The number of aromatic amines is 1. The van der Waals surface area contributed by atoms with Gasteiger partial charge in [0.1, 0.15) is 0 Å². The Balaban J connectivity index is 2.01. The van der Waals surface area contributed by atoms with Gasteiger partial charge in [0.25, 0.3) is 5.56 Å². The van der Waals surface area contributed by atoms with Crippen molar-refractivity contribution in [1.82, 2.24) is 19.1 Å². The van der Waals surface area contributed by atoms with E-state index < -0.39 is 11.2 Å². The van der Waals surface area contributed by atoms with Crippen molar-refractivity contribution in [2.75, 3.05) is 5.32 Å². The number of fused-ring (bicyclic) bond motifs is 1. The number of aryl methyl sites for hydroxylation is 2. The van der Waals surface area contributed by atoms with Gasteiger partial charge in [0.15, 0.2) is 11.2 Å². The van der Waals surface area contributed by atoms with E-state index in [1.807, 2.05) is 0 Å². The number of hydrogen-bond donors (Lipinski definition) is 2. The van der Waals surface area contributed by atoms with Crippen LogP contribution in [0, 0.1) is 0 Å². The molecule has 1 fully saturated rings. The molecule has 114 valence electrons. The molecule has 7 heteroatoms. The predicted molar refractivity (Wildman–Crippen MR) is 81.7 cm³/mol. The van der Waals surface area contributed by atoms with Crippen LogP contribution in [-0.2, 0) is 14.1 Å². The summed E-state index contributed by atoms with van der Waals surface area (Å²) in [4.78, 5) is 30.4. The van der Waals surface area contributed by atoms with E-state index >= 15 is 0 Å². The molecule has 0 saturated heterocycles. The zero-order valence-corrected chi connectivity index (χ0v) is 12.5. The SMILES string of the molecule is Cn1c(NC2CCCCCC2)nc2c1c(=O)[nH]c(=O)n2C. The smallest absolute Gasteiger partial charge is 0.329 e. The topological polar surface area (TPSA) is 84.7 Å².